The van der Waals surface area contributed by atoms with Gasteiger partial charge in [0, 0.05) is 12.8 Å². The summed E-state index contributed by atoms with van der Waals surface area (Å²) in [5.41, 5.74) is 0.189. The molecule has 1 N–H and O–H groups in total. The maximum atomic E-state index is 8.87. The Morgan fingerprint density at radius 2 is 2.50 bits per heavy atom. The minimum atomic E-state index is -0.178. The van der Waals surface area contributed by atoms with E-state index >= 15 is 0 Å². The van der Waals surface area contributed by atoms with E-state index in [4.69, 9.17) is 9.84 Å². The van der Waals surface area contributed by atoms with Crippen LogP contribution in [0.1, 0.15) is 19.8 Å². The van der Waals surface area contributed by atoms with Gasteiger partial charge < -0.3 is 9.84 Å². The monoisotopic (exact) mass is 114 g/mol. The lowest BCUT2D eigenvalue weighted by Gasteiger charge is -2.02. The van der Waals surface area contributed by atoms with Gasteiger partial charge in [-0.3, -0.25) is 0 Å². The molecule has 2 fully saturated rings. The number of fused-ring (bicyclic) bond motifs is 1. The normalized spacial score (nSPS) is 52.5. The lowest BCUT2D eigenvalue weighted by molar-refractivity contribution is 0.127. The topological polar surface area (TPSA) is 32.8 Å². The van der Waals surface area contributed by atoms with E-state index in [-0.39, 0.29) is 11.7 Å². The minimum absolute atomic E-state index is 0.178. The van der Waals surface area contributed by atoms with Crippen LogP contribution in [-0.4, -0.2) is 22.9 Å². The number of ether oxygens (including phenoxy) is 1. The van der Waals surface area contributed by atoms with Gasteiger partial charge in [0.05, 0.1) is 17.8 Å². The van der Waals surface area contributed by atoms with Crippen molar-refractivity contribution in [2.45, 2.75) is 37.6 Å². The molecule has 0 aromatic rings. The molecule has 1 heterocycles. The molecule has 2 aliphatic rings. The maximum Gasteiger partial charge on any atom is 0.0999 e. The highest BCUT2D eigenvalue weighted by atomic mass is 16.6. The van der Waals surface area contributed by atoms with Crippen LogP contribution in [0.2, 0.25) is 0 Å². The van der Waals surface area contributed by atoms with E-state index in [1.807, 2.05) is 6.92 Å². The first kappa shape index (κ1) is 4.77. The third-order valence-corrected chi connectivity index (χ3v) is 1.92. The molecule has 2 rings (SSSR count). The number of hydrogen-bond acceptors (Lipinski definition) is 2. The zero-order valence-electron chi connectivity index (χ0n) is 4.92. The number of aliphatic hydroxyl groups is 1. The van der Waals surface area contributed by atoms with Crippen molar-refractivity contribution >= 4 is 0 Å². The smallest absolute Gasteiger partial charge is 0.0999 e. The van der Waals surface area contributed by atoms with E-state index in [1.54, 1.807) is 0 Å². The second-order valence-corrected chi connectivity index (χ2v) is 2.93. The lowest BCUT2D eigenvalue weighted by atomic mass is 10.2. The zero-order valence-corrected chi connectivity index (χ0v) is 4.92. The summed E-state index contributed by atoms with van der Waals surface area (Å²) in [6.07, 6.45) is 2.40. The summed E-state index contributed by atoms with van der Waals surface area (Å²) in [5.74, 6) is 0. The van der Waals surface area contributed by atoms with E-state index in [1.165, 1.54) is 6.42 Å². The first-order valence-electron chi connectivity index (χ1n) is 3.09. The standard InChI is InChI=1S/C6H10O2/c1-4(7)2-6-3-5(6)8-6/h4-5,7H,2-3H2,1H3/t4-,5+,6-/m0/s1. The summed E-state index contributed by atoms with van der Waals surface area (Å²) in [5, 5.41) is 8.87. The van der Waals surface area contributed by atoms with Crippen LogP contribution in [0.3, 0.4) is 0 Å². The van der Waals surface area contributed by atoms with Crippen LogP contribution in [0.4, 0.5) is 0 Å². The summed E-state index contributed by atoms with van der Waals surface area (Å²) in [6.45, 7) is 1.81. The summed E-state index contributed by atoms with van der Waals surface area (Å²) < 4.78 is 5.14. The summed E-state index contributed by atoms with van der Waals surface area (Å²) >= 11 is 0. The molecular weight excluding hydrogens is 104 g/mol. The SMILES string of the molecule is C[C@H](O)C[C@]12C[C@H]1O2. The highest BCUT2D eigenvalue weighted by Crippen LogP contribution is 2.62. The number of rotatable bonds is 2. The summed E-state index contributed by atoms with van der Waals surface area (Å²) in [4.78, 5) is 0. The molecule has 0 aromatic heterocycles. The second kappa shape index (κ2) is 1.09. The van der Waals surface area contributed by atoms with Gasteiger partial charge >= 0.3 is 0 Å². The van der Waals surface area contributed by atoms with Crippen LogP contribution in [-0.2, 0) is 4.74 Å². The van der Waals surface area contributed by atoms with Gasteiger partial charge in [0.25, 0.3) is 0 Å². The Morgan fingerprint density at radius 1 is 2.00 bits per heavy atom. The van der Waals surface area contributed by atoms with Gasteiger partial charge in [0.2, 0.25) is 0 Å². The zero-order chi connectivity index (χ0) is 5.78. The molecule has 1 aliphatic heterocycles. The lowest BCUT2D eigenvalue weighted by Crippen LogP contribution is -2.08. The molecule has 1 saturated carbocycles. The Bertz CT molecular complexity index is 114. The largest absolute Gasteiger partial charge is 0.393 e. The molecule has 8 heavy (non-hydrogen) atoms. The molecule has 0 radical (unpaired) electrons. The van der Waals surface area contributed by atoms with Gasteiger partial charge in [-0.2, -0.15) is 0 Å². The van der Waals surface area contributed by atoms with E-state index in [9.17, 15) is 0 Å². The predicted octanol–water partition coefficient (Wildman–Crippen LogP) is 0.299. The van der Waals surface area contributed by atoms with Crippen LogP contribution < -0.4 is 0 Å². The van der Waals surface area contributed by atoms with Crippen molar-refractivity contribution in [1.82, 2.24) is 0 Å². The molecule has 0 unspecified atom stereocenters. The van der Waals surface area contributed by atoms with Crippen LogP contribution in [0, 0.1) is 0 Å². The first-order valence-corrected chi connectivity index (χ1v) is 3.09. The molecular formula is C6H10O2. The van der Waals surface area contributed by atoms with Crippen LogP contribution >= 0.6 is 0 Å². The maximum absolute atomic E-state index is 8.87. The minimum Gasteiger partial charge on any atom is -0.393 e. The Morgan fingerprint density at radius 3 is 2.62 bits per heavy atom. The van der Waals surface area contributed by atoms with Crippen LogP contribution in [0.5, 0.6) is 0 Å². The number of epoxide rings is 1. The van der Waals surface area contributed by atoms with E-state index in [0.29, 0.717) is 6.10 Å². The van der Waals surface area contributed by atoms with Crippen molar-refractivity contribution < 1.29 is 9.84 Å². The Balaban J connectivity index is 1.84. The number of hydrogen-bond donors (Lipinski definition) is 1. The Kier molecular flexibility index (Phi) is 0.649. The molecule has 0 spiro atoms. The fourth-order valence-electron chi connectivity index (χ4n) is 1.26. The molecule has 2 nitrogen and oxygen atoms in total. The van der Waals surface area contributed by atoms with Gasteiger partial charge in [-0.15, -0.1) is 0 Å². The van der Waals surface area contributed by atoms with Crippen molar-refractivity contribution in [3.05, 3.63) is 0 Å². The quantitative estimate of drug-likeness (QED) is 0.524. The van der Waals surface area contributed by atoms with Gasteiger partial charge in [-0.1, -0.05) is 0 Å². The van der Waals surface area contributed by atoms with E-state index in [2.05, 4.69) is 0 Å². The molecule has 3 atom stereocenters. The van der Waals surface area contributed by atoms with Gasteiger partial charge in [-0.05, 0) is 6.92 Å². The van der Waals surface area contributed by atoms with Gasteiger partial charge in [0.15, 0.2) is 0 Å². The Hall–Kier alpha value is -0.0800. The average Bonchev–Trinajstić information content (AvgIpc) is 2.18. The van der Waals surface area contributed by atoms with Gasteiger partial charge in [-0.25, -0.2) is 0 Å². The van der Waals surface area contributed by atoms with Gasteiger partial charge in [0.1, 0.15) is 0 Å². The molecule has 1 saturated heterocycles. The summed E-state index contributed by atoms with van der Waals surface area (Å²) in [6, 6.07) is 0. The molecule has 0 bridgehead atoms. The van der Waals surface area contributed by atoms with Crippen molar-refractivity contribution in [2.75, 3.05) is 0 Å². The third-order valence-electron chi connectivity index (χ3n) is 1.92. The fourth-order valence-corrected chi connectivity index (χ4v) is 1.26. The van der Waals surface area contributed by atoms with E-state index in [0.717, 1.165) is 6.42 Å². The number of aliphatic hydroxyl groups excluding tert-OH is 1. The van der Waals surface area contributed by atoms with E-state index < -0.39 is 0 Å². The van der Waals surface area contributed by atoms with Crippen LogP contribution in [0.15, 0.2) is 0 Å². The van der Waals surface area contributed by atoms with Crippen molar-refractivity contribution in [1.29, 1.82) is 0 Å². The van der Waals surface area contributed by atoms with Crippen molar-refractivity contribution in [3.8, 4) is 0 Å². The predicted molar refractivity (Wildman–Crippen MR) is 28.5 cm³/mol. The van der Waals surface area contributed by atoms with Crippen molar-refractivity contribution in [2.24, 2.45) is 0 Å². The molecule has 46 valence electrons. The summed E-state index contributed by atoms with van der Waals surface area (Å²) in [7, 11) is 0. The molecule has 2 heteroatoms. The first-order chi connectivity index (χ1) is 3.73. The molecule has 0 amide bonds. The average molecular weight is 114 g/mol. The van der Waals surface area contributed by atoms with Crippen LogP contribution in [0.25, 0.3) is 0 Å². The third kappa shape index (κ3) is 0.501. The highest BCUT2D eigenvalue weighted by molar-refractivity contribution is 5.21. The molecule has 1 aliphatic carbocycles. The molecule has 0 aromatic carbocycles. The fraction of sp³-hybridized carbons (Fsp3) is 1.00. The Labute approximate surface area is 48.5 Å². The second-order valence-electron chi connectivity index (χ2n) is 2.93. The highest BCUT2D eigenvalue weighted by Gasteiger charge is 2.72. The van der Waals surface area contributed by atoms with Crippen molar-refractivity contribution in [3.63, 3.8) is 0 Å².